The van der Waals surface area contributed by atoms with Crippen molar-refractivity contribution in [1.29, 1.82) is 0 Å². The van der Waals surface area contributed by atoms with Crippen LogP contribution in [0.1, 0.15) is 29.3 Å². The lowest BCUT2D eigenvalue weighted by Crippen LogP contribution is -2.30. The van der Waals surface area contributed by atoms with Crippen molar-refractivity contribution in [3.8, 4) is 5.75 Å². The van der Waals surface area contributed by atoms with Gasteiger partial charge in [-0.1, -0.05) is 19.1 Å². The van der Waals surface area contributed by atoms with Gasteiger partial charge in [-0.2, -0.15) is 0 Å². The number of nitrogens with one attached hydrogen (secondary N) is 1. The molecule has 0 aliphatic rings. The second kappa shape index (κ2) is 10.2. The number of hydrogen-bond acceptors (Lipinski definition) is 4. The van der Waals surface area contributed by atoms with E-state index in [9.17, 15) is 14.0 Å². The Hall–Kier alpha value is -2.89. The first-order chi connectivity index (χ1) is 12.6. The third-order valence-electron chi connectivity index (χ3n) is 3.55. The van der Waals surface area contributed by atoms with Crippen LogP contribution in [0.2, 0.25) is 0 Å². The number of rotatable bonds is 9. The van der Waals surface area contributed by atoms with E-state index in [4.69, 9.17) is 9.47 Å². The van der Waals surface area contributed by atoms with Crippen LogP contribution >= 0.6 is 0 Å². The summed E-state index contributed by atoms with van der Waals surface area (Å²) >= 11 is 0. The highest BCUT2D eigenvalue weighted by Gasteiger charge is 2.10. The zero-order chi connectivity index (χ0) is 18.8. The Morgan fingerprint density at radius 2 is 1.73 bits per heavy atom. The Morgan fingerprint density at radius 1 is 1.04 bits per heavy atom. The molecule has 0 unspecified atom stereocenters. The molecule has 0 fully saturated rings. The van der Waals surface area contributed by atoms with E-state index in [1.165, 1.54) is 12.1 Å². The Balaban J connectivity index is 1.69. The van der Waals surface area contributed by atoms with E-state index in [1.54, 1.807) is 36.4 Å². The number of hydrogen-bond donors (Lipinski definition) is 1. The fourth-order valence-electron chi connectivity index (χ4n) is 2.17. The summed E-state index contributed by atoms with van der Waals surface area (Å²) in [6.07, 6.45) is 1.47. The van der Waals surface area contributed by atoms with Crippen LogP contribution in [0.25, 0.3) is 0 Å². The highest BCUT2D eigenvalue weighted by Crippen LogP contribution is 2.13. The molecule has 1 N–H and O–H groups in total. The summed E-state index contributed by atoms with van der Waals surface area (Å²) in [6, 6.07) is 12.6. The molecule has 0 saturated heterocycles. The summed E-state index contributed by atoms with van der Waals surface area (Å²) < 4.78 is 23.2. The summed E-state index contributed by atoms with van der Waals surface area (Å²) in [5, 5.41) is 2.65. The van der Waals surface area contributed by atoms with Crippen molar-refractivity contribution in [2.45, 2.75) is 19.8 Å². The first kappa shape index (κ1) is 19.4. The minimum absolute atomic E-state index is 0.297. The quantitative estimate of drug-likeness (QED) is 0.699. The summed E-state index contributed by atoms with van der Waals surface area (Å²) in [5.41, 5.74) is 1.27. The SMILES string of the molecule is CCCOc1ccc(C(=O)OCC(=O)NCCc2ccc(F)cc2)cc1. The van der Waals surface area contributed by atoms with Gasteiger partial charge in [0.15, 0.2) is 6.61 Å². The number of carbonyl (C=O) groups is 2. The molecule has 1 amide bonds. The van der Waals surface area contributed by atoms with E-state index in [-0.39, 0.29) is 18.3 Å². The predicted octanol–water partition coefficient (Wildman–Crippen LogP) is 3.13. The van der Waals surface area contributed by atoms with Crippen LogP contribution in [0.3, 0.4) is 0 Å². The number of carbonyl (C=O) groups excluding carboxylic acids is 2. The van der Waals surface area contributed by atoms with E-state index in [2.05, 4.69) is 5.32 Å². The van der Waals surface area contributed by atoms with Crippen molar-refractivity contribution in [3.63, 3.8) is 0 Å². The Bertz CT molecular complexity index is 714. The second-order valence-electron chi connectivity index (χ2n) is 5.68. The molecule has 0 radical (unpaired) electrons. The molecule has 0 heterocycles. The van der Waals surface area contributed by atoms with Crippen LogP contribution < -0.4 is 10.1 Å². The molecule has 0 bridgehead atoms. The smallest absolute Gasteiger partial charge is 0.338 e. The molecule has 0 atom stereocenters. The van der Waals surface area contributed by atoms with Crippen LogP contribution in [0.4, 0.5) is 4.39 Å². The maximum atomic E-state index is 12.8. The van der Waals surface area contributed by atoms with Crippen LogP contribution in [-0.2, 0) is 16.0 Å². The largest absolute Gasteiger partial charge is 0.494 e. The Morgan fingerprint density at radius 3 is 2.38 bits per heavy atom. The maximum Gasteiger partial charge on any atom is 0.338 e. The highest BCUT2D eigenvalue weighted by molar-refractivity contribution is 5.91. The van der Waals surface area contributed by atoms with Gasteiger partial charge in [-0.15, -0.1) is 0 Å². The monoisotopic (exact) mass is 359 g/mol. The van der Waals surface area contributed by atoms with Gasteiger partial charge in [0.2, 0.25) is 0 Å². The van der Waals surface area contributed by atoms with Crippen molar-refractivity contribution in [2.75, 3.05) is 19.8 Å². The van der Waals surface area contributed by atoms with Crippen molar-refractivity contribution < 1.29 is 23.5 Å². The minimum atomic E-state index is -0.569. The van der Waals surface area contributed by atoms with Crippen molar-refractivity contribution in [2.24, 2.45) is 0 Å². The third-order valence-corrected chi connectivity index (χ3v) is 3.55. The molecular formula is C20H22FNO4. The molecule has 0 aliphatic carbocycles. The summed E-state index contributed by atoms with van der Waals surface area (Å²) in [7, 11) is 0. The summed E-state index contributed by atoms with van der Waals surface area (Å²) in [6.45, 7) is 2.65. The van der Waals surface area contributed by atoms with Gasteiger partial charge >= 0.3 is 5.97 Å². The molecule has 0 spiro atoms. The number of esters is 1. The molecule has 138 valence electrons. The second-order valence-corrected chi connectivity index (χ2v) is 5.68. The summed E-state index contributed by atoms with van der Waals surface area (Å²) in [5.74, 6) is -0.569. The molecule has 0 aliphatic heterocycles. The molecule has 0 aromatic heterocycles. The van der Waals surface area contributed by atoms with E-state index < -0.39 is 5.97 Å². The van der Waals surface area contributed by atoms with Gasteiger partial charge in [-0.3, -0.25) is 4.79 Å². The molecule has 2 aromatic carbocycles. The standard InChI is InChI=1S/C20H22FNO4/c1-2-13-25-18-9-5-16(6-10-18)20(24)26-14-19(23)22-12-11-15-3-7-17(21)8-4-15/h3-10H,2,11-14H2,1H3,(H,22,23). The fraction of sp³-hybridized carbons (Fsp3) is 0.300. The van der Waals surface area contributed by atoms with Gasteiger partial charge in [-0.25, -0.2) is 9.18 Å². The Labute approximate surface area is 152 Å². The highest BCUT2D eigenvalue weighted by atomic mass is 19.1. The lowest BCUT2D eigenvalue weighted by Gasteiger charge is -2.08. The van der Waals surface area contributed by atoms with Crippen LogP contribution in [-0.4, -0.2) is 31.6 Å². The molecule has 2 rings (SSSR count). The van der Waals surface area contributed by atoms with E-state index >= 15 is 0 Å². The first-order valence-electron chi connectivity index (χ1n) is 8.49. The van der Waals surface area contributed by atoms with Gasteiger partial charge in [0.05, 0.1) is 12.2 Å². The lowest BCUT2D eigenvalue weighted by atomic mass is 10.1. The predicted molar refractivity (Wildman–Crippen MR) is 95.6 cm³/mol. The Kier molecular flexibility index (Phi) is 7.61. The number of amides is 1. The molecular weight excluding hydrogens is 337 g/mol. The lowest BCUT2D eigenvalue weighted by molar-refractivity contribution is -0.124. The number of halogens is 1. The van der Waals surface area contributed by atoms with E-state index in [1.807, 2.05) is 6.92 Å². The van der Waals surface area contributed by atoms with Gasteiger partial charge in [-0.05, 0) is 54.8 Å². The molecule has 26 heavy (non-hydrogen) atoms. The van der Waals surface area contributed by atoms with Gasteiger partial charge < -0.3 is 14.8 Å². The molecule has 5 nitrogen and oxygen atoms in total. The topological polar surface area (TPSA) is 64.6 Å². The number of ether oxygens (including phenoxy) is 2. The molecule has 6 heteroatoms. The minimum Gasteiger partial charge on any atom is -0.494 e. The van der Waals surface area contributed by atoms with E-state index in [0.717, 1.165) is 12.0 Å². The zero-order valence-corrected chi connectivity index (χ0v) is 14.7. The fourth-order valence-corrected chi connectivity index (χ4v) is 2.17. The van der Waals surface area contributed by atoms with Crippen molar-refractivity contribution in [1.82, 2.24) is 5.32 Å². The number of benzene rings is 2. The molecule has 0 saturated carbocycles. The maximum absolute atomic E-state index is 12.8. The average molecular weight is 359 g/mol. The van der Waals surface area contributed by atoms with Gasteiger partial charge in [0, 0.05) is 6.54 Å². The van der Waals surface area contributed by atoms with Crippen molar-refractivity contribution >= 4 is 11.9 Å². The van der Waals surface area contributed by atoms with Gasteiger partial charge in [0.25, 0.3) is 5.91 Å². The molecule has 2 aromatic rings. The van der Waals surface area contributed by atoms with Crippen LogP contribution in [0.15, 0.2) is 48.5 Å². The average Bonchev–Trinajstić information content (AvgIpc) is 2.66. The van der Waals surface area contributed by atoms with Crippen LogP contribution in [0.5, 0.6) is 5.75 Å². The van der Waals surface area contributed by atoms with Crippen LogP contribution in [0, 0.1) is 5.82 Å². The normalized spacial score (nSPS) is 10.2. The zero-order valence-electron chi connectivity index (χ0n) is 14.7. The van der Waals surface area contributed by atoms with E-state index in [0.29, 0.717) is 30.9 Å². The summed E-state index contributed by atoms with van der Waals surface area (Å²) in [4.78, 5) is 23.7. The van der Waals surface area contributed by atoms with Crippen molar-refractivity contribution in [3.05, 3.63) is 65.5 Å². The first-order valence-corrected chi connectivity index (χ1v) is 8.49. The van der Waals surface area contributed by atoms with Gasteiger partial charge in [0.1, 0.15) is 11.6 Å². The third kappa shape index (κ3) is 6.55.